The molecule has 3 aliphatic heterocycles. The van der Waals surface area contributed by atoms with E-state index in [1.165, 1.54) is 4.90 Å². The standard InChI is InChI=1S/C33H46N2O9/c1-38-14-3-4-16-40-26-9-7-25(8-10-26)32-30(19-35(33(36)37)20-31(32)44-23-27-22-42-27)43-21-24-6-11-29-28(18-24)34(13-17-41-29)12-5-15-39-2/h6-11,18,27,30-32H,3-5,12-17,19-23H2,1-2H3,(H,36,37)/t27-,30+,31-,32-/m1/s1. The summed E-state index contributed by atoms with van der Waals surface area (Å²) in [6, 6.07) is 14.1. The van der Waals surface area contributed by atoms with Gasteiger partial charge in [-0.25, -0.2) is 4.79 Å². The Bertz CT molecular complexity index is 1180. The Morgan fingerprint density at radius 3 is 2.41 bits per heavy atom. The third kappa shape index (κ3) is 8.98. The van der Waals surface area contributed by atoms with Gasteiger partial charge in [0.2, 0.25) is 0 Å². The number of benzene rings is 2. The van der Waals surface area contributed by atoms with E-state index in [4.69, 9.17) is 33.2 Å². The Morgan fingerprint density at radius 1 is 0.955 bits per heavy atom. The second-order valence-corrected chi connectivity index (χ2v) is 11.5. The summed E-state index contributed by atoms with van der Waals surface area (Å²) in [6.07, 6.45) is 1.06. The van der Waals surface area contributed by atoms with E-state index in [0.29, 0.717) is 39.6 Å². The molecule has 0 radical (unpaired) electrons. The van der Waals surface area contributed by atoms with Crippen molar-refractivity contribution in [1.29, 1.82) is 0 Å². The van der Waals surface area contributed by atoms with Crippen LogP contribution in [-0.4, -0.2) is 114 Å². The second-order valence-electron chi connectivity index (χ2n) is 11.5. The molecular weight excluding hydrogens is 568 g/mol. The van der Waals surface area contributed by atoms with Gasteiger partial charge in [-0.15, -0.1) is 0 Å². The maximum atomic E-state index is 12.2. The molecule has 0 bridgehead atoms. The highest BCUT2D eigenvalue weighted by Gasteiger charge is 2.42. The number of likely N-dealkylation sites (tertiary alicyclic amines) is 1. The summed E-state index contributed by atoms with van der Waals surface area (Å²) in [5, 5.41) is 9.97. The summed E-state index contributed by atoms with van der Waals surface area (Å²) in [5.74, 6) is 1.48. The first-order chi connectivity index (χ1) is 21.6. The zero-order valence-electron chi connectivity index (χ0n) is 25.9. The third-order valence-corrected chi connectivity index (χ3v) is 8.27. The monoisotopic (exact) mass is 614 g/mol. The van der Waals surface area contributed by atoms with E-state index in [1.807, 2.05) is 36.4 Å². The highest BCUT2D eigenvalue weighted by molar-refractivity contribution is 5.65. The molecule has 2 aromatic rings. The number of rotatable bonds is 17. The number of hydrogen-bond donors (Lipinski definition) is 1. The van der Waals surface area contributed by atoms with E-state index in [-0.39, 0.29) is 31.2 Å². The highest BCUT2D eigenvalue weighted by atomic mass is 16.6. The van der Waals surface area contributed by atoms with E-state index in [0.717, 1.165) is 67.3 Å². The molecule has 3 aliphatic rings. The molecule has 44 heavy (non-hydrogen) atoms. The van der Waals surface area contributed by atoms with Crippen LogP contribution < -0.4 is 14.4 Å². The van der Waals surface area contributed by atoms with E-state index in [9.17, 15) is 9.90 Å². The van der Waals surface area contributed by atoms with Gasteiger partial charge in [0.05, 0.1) is 64.0 Å². The lowest BCUT2D eigenvalue weighted by Crippen LogP contribution is -2.54. The molecule has 2 fully saturated rings. The summed E-state index contributed by atoms with van der Waals surface area (Å²) in [7, 11) is 3.42. The minimum Gasteiger partial charge on any atom is -0.494 e. The topological polar surface area (TPSA) is 112 Å². The molecule has 0 aromatic heterocycles. The fraction of sp³-hybridized carbons (Fsp3) is 0.606. The number of piperidine rings is 1. The van der Waals surface area contributed by atoms with Gasteiger partial charge in [0.1, 0.15) is 24.2 Å². The summed E-state index contributed by atoms with van der Waals surface area (Å²) in [6.45, 7) is 6.31. The Balaban J connectivity index is 1.31. The lowest BCUT2D eigenvalue weighted by atomic mass is 9.84. The lowest BCUT2D eigenvalue weighted by molar-refractivity contribution is -0.0911. The Kier molecular flexibility index (Phi) is 12.0. The molecule has 0 unspecified atom stereocenters. The van der Waals surface area contributed by atoms with E-state index < -0.39 is 12.2 Å². The molecule has 0 aliphatic carbocycles. The van der Waals surface area contributed by atoms with Crippen molar-refractivity contribution in [2.24, 2.45) is 0 Å². The first kappa shape index (κ1) is 32.3. The van der Waals surface area contributed by atoms with Gasteiger partial charge < -0.3 is 48.1 Å². The van der Waals surface area contributed by atoms with Crippen molar-refractivity contribution in [3.63, 3.8) is 0 Å². The Morgan fingerprint density at radius 2 is 1.68 bits per heavy atom. The molecule has 1 amide bonds. The fourth-order valence-corrected chi connectivity index (χ4v) is 5.84. The number of methoxy groups -OCH3 is 2. The molecule has 4 atom stereocenters. The number of carbonyl (C=O) groups is 1. The average Bonchev–Trinajstić information content (AvgIpc) is 3.88. The normalized spacial score (nSPS) is 22.8. The number of anilines is 1. The quantitative estimate of drug-likeness (QED) is 0.206. The predicted octanol–water partition coefficient (Wildman–Crippen LogP) is 4.17. The highest BCUT2D eigenvalue weighted by Crippen LogP contribution is 2.36. The van der Waals surface area contributed by atoms with Gasteiger partial charge in [0.15, 0.2) is 0 Å². The van der Waals surface area contributed by atoms with Crippen molar-refractivity contribution in [2.75, 3.05) is 84.9 Å². The maximum absolute atomic E-state index is 12.2. The van der Waals surface area contributed by atoms with Crippen LogP contribution >= 0.6 is 0 Å². The van der Waals surface area contributed by atoms with Gasteiger partial charge in [0, 0.05) is 39.9 Å². The van der Waals surface area contributed by atoms with Gasteiger partial charge in [-0.1, -0.05) is 18.2 Å². The van der Waals surface area contributed by atoms with E-state index in [1.54, 1.807) is 14.2 Å². The van der Waals surface area contributed by atoms with Crippen LogP contribution in [0, 0.1) is 0 Å². The van der Waals surface area contributed by atoms with Crippen LogP contribution in [0.5, 0.6) is 11.5 Å². The average molecular weight is 615 g/mol. The number of nitrogens with zero attached hydrogens (tertiary/aromatic N) is 2. The van der Waals surface area contributed by atoms with Crippen molar-refractivity contribution in [3.05, 3.63) is 53.6 Å². The third-order valence-electron chi connectivity index (χ3n) is 8.27. The Labute approximate surface area is 259 Å². The largest absolute Gasteiger partial charge is 0.494 e. The number of amides is 1. The number of fused-ring (bicyclic) bond motifs is 1. The SMILES string of the molecule is COCCCCOc1ccc([C@@H]2[C@@H](OCc3ccc4c(c3)N(CCCOC)CCO4)CN(C(=O)O)C[C@H]2OC[C@H]2CO2)cc1. The van der Waals surface area contributed by atoms with Crippen LogP contribution in [-0.2, 0) is 30.3 Å². The van der Waals surface area contributed by atoms with Crippen LogP contribution in [0.3, 0.4) is 0 Å². The minimum absolute atomic E-state index is 0.0636. The molecule has 2 saturated heterocycles. The number of hydrogen-bond acceptors (Lipinski definition) is 9. The zero-order chi connectivity index (χ0) is 30.7. The van der Waals surface area contributed by atoms with Crippen LogP contribution in [0.25, 0.3) is 0 Å². The van der Waals surface area contributed by atoms with Crippen molar-refractivity contribution in [3.8, 4) is 11.5 Å². The molecule has 11 heteroatoms. The first-order valence-electron chi connectivity index (χ1n) is 15.6. The molecule has 3 heterocycles. The fourth-order valence-electron chi connectivity index (χ4n) is 5.84. The number of epoxide rings is 1. The molecule has 0 spiro atoms. The summed E-state index contributed by atoms with van der Waals surface area (Å²) in [4.78, 5) is 15.9. The second kappa shape index (κ2) is 16.3. The number of carboxylic acid groups (broad SMARTS) is 1. The van der Waals surface area contributed by atoms with Crippen molar-refractivity contribution in [2.45, 2.75) is 50.1 Å². The lowest BCUT2D eigenvalue weighted by Gasteiger charge is -2.42. The van der Waals surface area contributed by atoms with Crippen molar-refractivity contribution < 1.29 is 43.1 Å². The van der Waals surface area contributed by atoms with E-state index >= 15 is 0 Å². The molecule has 5 rings (SSSR count). The van der Waals surface area contributed by atoms with Crippen molar-refractivity contribution >= 4 is 11.8 Å². The number of unbranched alkanes of at least 4 members (excludes halogenated alkanes) is 1. The summed E-state index contributed by atoms with van der Waals surface area (Å²) in [5.41, 5.74) is 3.07. The molecule has 2 aromatic carbocycles. The van der Waals surface area contributed by atoms with Gasteiger partial charge in [0.25, 0.3) is 0 Å². The first-order valence-corrected chi connectivity index (χ1v) is 15.6. The zero-order valence-corrected chi connectivity index (χ0v) is 25.9. The predicted molar refractivity (Wildman–Crippen MR) is 164 cm³/mol. The number of ether oxygens (including phenoxy) is 7. The van der Waals surface area contributed by atoms with Gasteiger partial charge >= 0.3 is 6.09 Å². The summed E-state index contributed by atoms with van der Waals surface area (Å²) >= 11 is 0. The van der Waals surface area contributed by atoms with Gasteiger partial charge in [-0.3, -0.25) is 0 Å². The smallest absolute Gasteiger partial charge is 0.407 e. The molecule has 1 N–H and O–H groups in total. The van der Waals surface area contributed by atoms with Crippen molar-refractivity contribution in [1.82, 2.24) is 4.90 Å². The van der Waals surface area contributed by atoms with Gasteiger partial charge in [-0.05, 0) is 54.7 Å². The Hall–Kier alpha value is -3.09. The minimum atomic E-state index is -0.983. The molecular formula is C33H46N2O9. The molecule has 0 saturated carbocycles. The van der Waals surface area contributed by atoms with Gasteiger partial charge in [-0.2, -0.15) is 0 Å². The van der Waals surface area contributed by atoms with E-state index in [2.05, 4.69) is 11.0 Å². The van der Waals surface area contributed by atoms with Crippen LogP contribution in [0.2, 0.25) is 0 Å². The maximum Gasteiger partial charge on any atom is 0.407 e. The molecule has 11 nitrogen and oxygen atoms in total. The van der Waals surface area contributed by atoms with Crippen LogP contribution in [0.4, 0.5) is 10.5 Å². The van der Waals surface area contributed by atoms with Crippen LogP contribution in [0.15, 0.2) is 42.5 Å². The molecule has 242 valence electrons. The van der Waals surface area contributed by atoms with Crippen LogP contribution in [0.1, 0.15) is 36.3 Å². The summed E-state index contributed by atoms with van der Waals surface area (Å²) < 4.78 is 40.5.